The van der Waals surface area contributed by atoms with Crippen molar-refractivity contribution in [2.75, 3.05) is 6.61 Å². The summed E-state index contributed by atoms with van der Waals surface area (Å²) in [7, 11) is -0.476. The number of rotatable bonds is 6. The van der Waals surface area contributed by atoms with Crippen molar-refractivity contribution in [3.8, 4) is 16.9 Å². The third-order valence-electron chi connectivity index (χ3n) is 5.48. The first kappa shape index (κ1) is 18.2. The summed E-state index contributed by atoms with van der Waals surface area (Å²) in [6.45, 7) is 4.91. The predicted molar refractivity (Wildman–Crippen MR) is 107 cm³/mol. The predicted octanol–water partition coefficient (Wildman–Crippen LogP) is 6.41. The van der Waals surface area contributed by atoms with E-state index in [4.69, 9.17) is 4.74 Å². The largest absolute Gasteiger partial charge is 0.494 e. The fourth-order valence-electron chi connectivity index (χ4n) is 4.11. The molecule has 3 rings (SSSR count). The first-order valence-corrected chi connectivity index (χ1v) is 12.2. The molecule has 0 bridgehead atoms. The molecule has 1 heterocycles. The van der Waals surface area contributed by atoms with Crippen molar-refractivity contribution >= 4 is 8.80 Å². The Morgan fingerprint density at radius 1 is 1.04 bits per heavy atom. The SMILES string of the molecule is CCC[SiH]1CCC(c2ccc(-c3ccc(OCC)cc3)c(F)c2)CC1. The van der Waals surface area contributed by atoms with E-state index >= 15 is 0 Å². The van der Waals surface area contributed by atoms with Gasteiger partial charge < -0.3 is 4.74 Å². The van der Waals surface area contributed by atoms with E-state index in [1.54, 1.807) is 6.07 Å². The number of ether oxygens (including phenoxy) is 1. The maximum atomic E-state index is 14.7. The second-order valence-corrected chi connectivity index (χ2v) is 10.7. The second-order valence-electron chi connectivity index (χ2n) is 7.20. The van der Waals surface area contributed by atoms with Crippen molar-refractivity contribution in [1.29, 1.82) is 0 Å². The molecule has 1 nitrogen and oxygen atoms in total. The molecule has 134 valence electrons. The molecule has 0 N–H and O–H groups in total. The van der Waals surface area contributed by atoms with E-state index in [9.17, 15) is 4.39 Å². The maximum Gasteiger partial charge on any atom is 0.131 e. The standard InChI is InChI=1S/C22H29FOSi/c1-3-13-25-14-11-17(12-15-25)19-7-10-21(22(23)16-19)18-5-8-20(9-6-18)24-4-2/h5-10,16-17,25H,3-4,11-15H2,1-2H3. The average molecular weight is 357 g/mol. The van der Waals surface area contributed by atoms with Crippen LogP contribution >= 0.6 is 0 Å². The van der Waals surface area contributed by atoms with Crippen LogP contribution in [0.3, 0.4) is 0 Å². The molecule has 0 radical (unpaired) electrons. The number of benzene rings is 2. The maximum absolute atomic E-state index is 14.7. The summed E-state index contributed by atoms with van der Waals surface area (Å²) in [5.41, 5.74) is 2.78. The zero-order chi connectivity index (χ0) is 17.6. The van der Waals surface area contributed by atoms with Gasteiger partial charge in [0.2, 0.25) is 0 Å². The van der Waals surface area contributed by atoms with Crippen LogP contribution in [0, 0.1) is 5.82 Å². The molecule has 1 fully saturated rings. The van der Waals surface area contributed by atoms with Crippen LogP contribution in [0.2, 0.25) is 18.1 Å². The molecule has 0 aliphatic carbocycles. The lowest BCUT2D eigenvalue weighted by atomic mass is 9.91. The van der Waals surface area contributed by atoms with E-state index in [2.05, 4.69) is 13.0 Å². The lowest BCUT2D eigenvalue weighted by Crippen LogP contribution is -2.20. The van der Waals surface area contributed by atoms with E-state index in [1.807, 2.05) is 37.3 Å². The summed E-state index contributed by atoms with van der Waals surface area (Å²) >= 11 is 0. The molecule has 0 unspecified atom stereocenters. The first-order chi connectivity index (χ1) is 12.2. The fourth-order valence-corrected chi connectivity index (χ4v) is 7.54. The molecular formula is C22H29FOSi. The number of halogens is 1. The van der Waals surface area contributed by atoms with Gasteiger partial charge in [0.1, 0.15) is 11.6 Å². The van der Waals surface area contributed by atoms with Crippen LogP contribution in [0.5, 0.6) is 5.75 Å². The molecule has 0 atom stereocenters. The monoisotopic (exact) mass is 356 g/mol. The van der Waals surface area contributed by atoms with Gasteiger partial charge in [-0.3, -0.25) is 0 Å². The Balaban J connectivity index is 1.71. The average Bonchev–Trinajstić information content (AvgIpc) is 2.64. The van der Waals surface area contributed by atoms with Crippen LogP contribution in [-0.4, -0.2) is 15.4 Å². The van der Waals surface area contributed by atoms with Crippen LogP contribution in [0.1, 0.15) is 44.6 Å². The highest BCUT2D eigenvalue weighted by atomic mass is 28.3. The first-order valence-electron chi connectivity index (χ1n) is 9.74. The van der Waals surface area contributed by atoms with Crippen LogP contribution in [0.4, 0.5) is 4.39 Å². The lowest BCUT2D eigenvalue weighted by Gasteiger charge is -2.28. The zero-order valence-electron chi connectivity index (χ0n) is 15.4. The van der Waals surface area contributed by atoms with Crippen LogP contribution in [0.25, 0.3) is 11.1 Å². The number of hydrogen-bond acceptors (Lipinski definition) is 1. The Labute approximate surface area is 152 Å². The molecule has 0 aromatic heterocycles. The van der Waals surface area contributed by atoms with Gasteiger partial charge in [-0.15, -0.1) is 0 Å². The van der Waals surface area contributed by atoms with Crippen molar-refractivity contribution in [1.82, 2.24) is 0 Å². The zero-order valence-corrected chi connectivity index (χ0v) is 16.6. The van der Waals surface area contributed by atoms with Gasteiger partial charge in [0.15, 0.2) is 0 Å². The third-order valence-corrected chi connectivity index (χ3v) is 9.18. The minimum atomic E-state index is -0.476. The molecule has 0 spiro atoms. The molecule has 2 aromatic rings. The molecule has 1 aliphatic rings. The molecular weight excluding hydrogens is 327 g/mol. The van der Waals surface area contributed by atoms with Gasteiger partial charge in [0, 0.05) is 14.4 Å². The van der Waals surface area contributed by atoms with Crippen molar-refractivity contribution in [2.45, 2.75) is 57.2 Å². The quantitative estimate of drug-likeness (QED) is 0.544. The van der Waals surface area contributed by atoms with Crippen LogP contribution < -0.4 is 4.74 Å². The van der Waals surface area contributed by atoms with Crippen LogP contribution in [0.15, 0.2) is 42.5 Å². The molecule has 25 heavy (non-hydrogen) atoms. The van der Waals surface area contributed by atoms with Crippen molar-refractivity contribution < 1.29 is 9.13 Å². The molecule has 2 aromatic carbocycles. The van der Waals surface area contributed by atoms with Gasteiger partial charge in [0.25, 0.3) is 0 Å². The second kappa shape index (κ2) is 8.66. The van der Waals surface area contributed by atoms with E-state index in [0.29, 0.717) is 18.1 Å². The van der Waals surface area contributed by atoms with Gasteiger partial charge in [-0.1, -0.05) is 55.7 Å². The Morgan fingerprint density at radius 2 is 1.76 bits per heavy atom. The normalized spacial score (nSPS) is 20.4. The Bertz CT molecular complexity index is 675. The summed E-state index contributed by atoms with van der Waals surface area (Å²) in [6.07, 6.45) is 3.87. The van der Waals surface area contributed by atoms with Gasteiger partial charge in [-0.05, 0) is 55.0 Å². The molecule has 1 saturated heterocycles. The summed E-state index contributed by atoms with van der Waals surface area (Å²) in [5, 5.41) is 0. The number of hydrogen-bond donors (Lipinski definition) is 0. The van der Waals surface area contributed by atoms with Crippen LogP contribution in [-0.2, 0) is 0 Å². The van der Waals surface area contributed by atoms with Gasteiger partial charge in [0.05, 0.1) is 6.61 Å². The van der Waals surface area contributed by atoms with Crippen molar-refractivity contribution in [3.05, 3.63) is 53.8 Å². The fraction of sp³-hybridized carbons (Fsp3) is 0.455. The lowest BCUT2D eigenvalue weighted by molar-refractivity contribution is 0.340. The Morgan fingerprint density at radius 3 is 2.36 bits per heavy atom. The topological polar surface area (TPSA) is 9.23 Å². The Hall–Kier alpha value is -1.61. The summed E-state index contributed by atoms with van der Waals surface area (Å²) in [5.74, 6) is 1.29. The summed E-state index contributed by atoms with van der Waals surface area (Å²) < 4.78 is 20.2. The van der Waals surface area contributed by atoms with Gasteiger partial charge >= 0.3 is 0 Å². The summed E-state index contributed by atoms with van der Waals surface area (Å²) in [4.78, 5) is 0. The highest BCUT2D eigenvalue weighted by Crippen LogP contribution is 2.36. The van der Waals surface area contributed by atoms with Crippen molar-refractivity contribution in [2.24, 2.45) is 0 Å². The van der Waals surface area contributed by atoms with E-state index in [0.717, 1.165) is 11.3 Å². The van der Waals surface area contributed by atoms with E-state index in [-0.39, 0.29) is 5.82 Å². The highest BCUT2D eigenvalue weighted by Gasteiger charge is 2.23. The van der Waals surface area contributed by atoms with Gasteiger partial charge in [-0.25, -0.2) is 4.39 Å². The molecule has 1 aliphatic heterocycles. The molecule has 3 heteroatoms. The van der Waals surface area contributed by atoms with E-state index < -0.39 is 8.80 Å². The smallest absolute Gasteiger partial charge is 0.131 e. The molecule has 0 amide bonds. The van der Waals surface area contributed by atoms with E-state index in [1.165, 1.54) is 43.0 Å². The van der Waals surface area contributed by atoms with Crippen molar-refractivity contribution in [3.63, 3.8) is 0 Å². The minimum absolute atomic E-state index is 0.102. The summed E-state index contributed by atoms with van der Waals surface area (Å²) in [6, 6.07) is 17.9. The Kier molecular flexibility index (Phi) is 6.30. The third kappa shape index (κ3) is 4.52. The highest BCUT2D eigenvalue weighted by molar-refractivity contribution is 6.59. The van der Waals surface area contributed by atoms with Gasteiger partial charge in [-0.2, -0.15) is 0 Å². The minimum Gasteiger partial charge on any atom is -0.494 e. The molecule has 0 saturated carbocycles.